The Hall–Kier alpha value is -4.35. The van der Waals surface area contributed by atoms with Gasteiger partial charge in [0.2, 0.25) is 29.4 Å². The third-order valence-corrected chi connectivity index (χ3v) is 6.08. The van der Waals surface area contributed by atoms with Crippen molar-refractivity contribution in [1.82, 2.24) is 25.3 Å². The first-order valence-electron chi connectivity index (χ1n) is 10.8. The van der Waals surface area contributed by atoms with Crippen molar-refractivity contribution in [2.45, 2.75) is 38.3 Å². The smallest absolute Gasteiger partial charge is 0.278 e. The Bertz CT molecular complexity index is 1280. The molecule has 12 heteroatoms. The van der Waals surface area contributed by atoms with Gasteiger partial charge in [0, 0.05) is 29.7 Å². The molecule has 1 aromatic heterocycles. The highest BCUT2D eigenvalue weighted by Gasteiger charge is 2.48. The molecule has 2 aromatic rings. The van der Waals surface area contributed by atoms with Crippen LogP contribution in [0.15, 0.2) is 40.1 Å². The van der Waals surface area contributed by atoms with E-state index in [0.717, 1.165) is 4.90 Å². The van der Waals surface area contributed by atoms with E-state index >= 15 is 0 Å². The zero-order valence-corrected chi connectivity index (χ0v) is 17.9. The van der Waals surface area contributed by atoms with Crippen LogP contribution in [0.4, 0.5) is 0 Å². The molecule has 3 aliphatic rings. The van der Waals surface area contributed by atoms with Crippen LogP contribution in [-0.4, -0.2) is 62.1 Å². The number of imide groups is 2. The van der Waals surface area contributed by atoms with E-state index in [0.29, 0.717) is 36.1 Å². The summed E-state index contributed by atoms with van der Waals surface area (Å²) >= 11 is 0. The summed E-state index contributed by atoms with van der Waals surface area (Å²) in [5.41, 5.74) is 6.73. The number of nitrogens with zero attached hydrogens (tertiary/aromatic N) is 4. The second-order valence-electron chi connectivity index (χ2n) is 8.26. The predicted molar refractivity (Wildman–Crippen MR) is 113 cm³/mol. The highest BCUT2D eigenvalue weighted by Crippen LogP contribution is 2.34. The fraction of sp³-hybridized carbons (Fsp3) is 0.318. The van der Waals surface area contributed by atoms with Crippen molar-refractivity contribution >= 4 is 29.5 Å². The Labute approximate surface area is 192 Å². The van der Waals surface area contributed by atoms with Crippen molar-refractivity contribution in [3.05, 3.63) is 47.0 Å². The Morgan fingerprint density at radius 3 is 2.76 bits per heavy atom. The molecule has 1 saturated heterocycles. The number of primary amides is 1. The molecule has 4 heterocycles. The van der Waals surface area contributed by atoms with Gasteiger partial charge in [0.05, 0.1) is 6.54 Å². The number of nitrogens with two attached hydrogens (primary N) is 1. The average molecular weight is 464 g/mol. The molecule has 0 bridgehead atoms. The molecule has 34 heavy (non-hydrogen) atoms. The molecule has 0 saturated carbocycles. The summed E-state index contributed by atoms with van der Waals surface area (Å²) < 4.78 is 5.35. The summed E-state index contributed by atoms with van der Waals surface area (Å²) in [6.07, 6.45) is 1.20. The number of hydrogen-bond acceptors (Lipinski definition) is 9. The minimum Gasteiger partial charge on any atom is -0.366 e. The third-order valence-electron chi connectivity index (χ3n) is 6.08. The van der Waals surface area contributed by atoms with Crippen LogP contribution >= 0.6 is 0 Å². The van der Waals surface area contributed by atoms with Crippen molar-refractivity contribution in [1.29, 1.82) is 0 Å². The minimum atomic E-state index is -1.02. The van der Waals surface area contributed by atoms with Crippen LogP contribution in [-0.2, 0) is 25.7 Å². The van der Waals surface area contributed by atoms with E-state index in [9.17, 15) is 24.0 Å². The molecule has 0 radical (unpaired) electrons. The van der Waals surface area contributed by atoms with Crippen molar-refractivity contribution in [2.75, 3.05) is 6.54 Å². The summed E-state index contributed by atoms with van der Waals surface area (Å²) in [6.45, 7) is 0.569. The van der Waals surface area contributed by atoms with Gasteiger partial charge in [-0.15, -0.1) is 0 Å². The van der Waals surface area contributed by atoms with Crippen LogP contribution < -0.4 is 11.1 Å². The summed E-state index contributed by atoms with van der Waals surface area (Å²) in [6, 6.07) is 5.47. The van der Waals surface area contributed by atoms with Gasteiger partial charge in [-0.1, -0.05) is 17.3 Å². The summed E-state index contributed by atoms with van der Waals surface area (Å²) in [5.74, 6) is -2.26. The molecule has 12 nitrogen and oxygen atoms in total. The van der Waals surface area contributed by atoms with Gasteiger partial charge in [-0.25, -0.2) is 0 Å². The largest absolute Gasteiger partial charge is 0.366 e. The molecular formula is C22H20N6O6. The molecule has 1 atom stereocenters. The highest BCUT2D eigenvalue weighted by atomic mass is 16.5. The molecule has 0 spiro atoms. The second-order valence-corrected chi connectivity index (χ2v) is 8.26. The maximum absolute atomic E-state index is 13.2. The summed E-state index contributed by atoms with van der Waals surface area (Å²) in [5, 5.41) is 6.14. The van der Waals surface area contributed by atoms with Crippen LogP contribution in [0.3, 0.4) is 0 Å². The van der Waals surface area contributed by atoms with Gasteiger partial charge in [0.15, 0.2) is 0 Å². The molecule has 1 aromatic carbocycles. The normalized spacial score (nSPS) is 20.6. The maximum atomic E-state index is 13.2. The van der Waals surface area contributed by atoms with Crippen molar-refractivity contribution in [3.8, 4) is 11.4 Å². The topological polar surface area (TPSA) is 169 Å². The number of carbonyl (C=O) groups excluding carboxylic acids is 5. The standard InChI is InChI=1S/C22H20N6O6/c23-18(30)11-3-1-4-12(9-11)19-25-16(34-26-19)10-27-8-2-5-13-17(27)22(33)28(21(13)32)14-6-7-15(29)24-20(14)31/h1,3-4,9,14H,2,5-8,10H2,(H2,23,30)(H,24,29,31). The zero-order chi connectivity index (χ0) is 24.0. The quantitative estimate of drug-likeness (QED) is 0.572. The Morgan fingerprint density at radius 1 is 1.18 bits per heavy atom. The molecular weight excluding hydrogens is 444 g/mol. The lowest BCUT2D eigenvalue weighted by Crippen LogP contribution is -2.55. The number of rotatable bonds is 5. The number of aromatic nitrogens is 2. The number of benzene rings is 1. The Morgan fingerprint density at radius 2 is 2.00 bits per heavy atom. The van der Waals surface area contributed by atoms with E-state index < -0.39 is 35.6 Å². The number of carbonyl (C=O) groups is 5. The number of nitrogens with one attached hydrogen (secondary N) is 1. The van der Waals surface area contributed by atoms with Gasteiger partial charge in [-0.3, -0.25) is 34.2 Å². The van der Waals surface area contributed by atoms with Gasteiger partial charge >= 0.3 is 0 Å². The zero-order valence-electron chi connectivity index (χ0n) is 17.9. The van der Waals surface area contributed by atoms with E-state index in [1.54, 1.807) is 29.2 Å². The SMILES string of the molecule is NC(=O)c1cccc(-c2noc(CN3CCCC4=C3C(=O)N(C3CCC(=O)NC3=O)C4=O)n2)c1. The molecule has 0 aliphatic carbocycles. The molecule has 1 fully saturated rings. The lowest BCUT2D eigenvalue weighted by atomic mass is 10.0. The van der Waals surface area contributed by atoms with Gasteiger partial charge in [-0.2, -0.15) is 4.98 Å². The van der Waals surface area contributed by atoms with Crippen LogP contribution in [0, 0.1) is 0 Å². The molecule has 174 valence electrons. The molecule has 3 N–H and O–H groups in total. The van der Waals surface area contributed by atoms with Gasteiger partial charge < -0.3 is 15.2 Å². The summed E-state index contributed by atoms with van der Waals surface area (Å²) in [7, 11) is 0. The van der Waals surface area contributed by atoms with Gasteiger partial charge in [0.25, 0.3) is 11.8 Å². The molecule has 5 rings (SSSR count). The first-order valence-corrected chi connectivity index (χ1v) is 10.8. The van der Waals surface area contributed by atoms with Crippen molar-refractivity contribution < 1.29 is 28.5 Å². The van der Waals surface area contributed by atoms with Crippen molar-refractivity contribution in [3.63, 3.8) is 0 Å². The highest BCUT2D eigenvalue weighted by molar-refractivity contribution is 6.21. The first kappa shape index (κ1) is 21.5. The molecule has 5 amide bonds. The lowest BCUT2D eigenvalue weighted by Gasteiger charge is -2.29. The number of piperidine rings is 1. The van der Waals surface area contributed by atoms with E-state index in [1.165, 1.54) is 0 Å². The second kappa shape index (κ2) is 8.21. The third kappa shape index (κ3) is 3.62. The van der Waals surface area contributed by atoms with Crippen LogP contribution in [0.25, 0.3) is 11.4 Å². The van der Waals surface area contributed by atoms with E-state index in [2.05, 4.69) is 15.5 Å². The van der Waals surface area contributed by atoms with Gasteiger partial charge in [0.1, 0.15) is 11.7 Å². The predicted octanol–water partition coefficient (Wildman–Crippen LogP) is -0.141. The number of hydrogen-bond donors (Lipinski definition) is 2. The lowest BCUT2D eigenvalue weighted by molar-refractivity contribution is -0.150. The molecule has 1 unspecified atom stereocenters. The first-order chi connectivity index (χ1) is 16.3. The van der Waals surface area contributed by atoms with Crippen molar-refractivity contribution in [2.24, 2.45) is 5.73 Å². The fourth-order valence-corrected chi connectivity index (χ4v) is 4.47. The Balaban J connectivity index is 1.37. The van der Waals surface area contributed by atoms with E-state index in [1.807, 2.05) is 0 Å². The number of amides is 5. The summed E-state index contributed by atoms with van der Waals surface area (Å²) in [4.78, 5) is 68.5. The monoisotopic (exact) mass is 464 g/mol. The van der Waals surface area contributed by atoms with E-state index in [4.69, 9.17) is 10.3 Å². The fourth-order valence-electron chi connectivity index (χ4n) is 4.47. The maximum Gasteiger partial charge on any atom is 0.278 e. The van der Waals surface area contributed by atoms with Gasteiger partial charge in [-0.05, 0) is 31.4 Å². The Kier molecular flexibility index (Phi) is 5.19. The molecule has 3 aliphatic heterocycles. The minimum absolute atomic E-state index is 0.0591. The average Bonchev–Trinajstić information content (AvgIpc) is 3.38. The van der Waals surface area contributed by atoms with E-state index in [-0.39, 0.29) is 36.8 Å². The van der Waals surface area contributed by atoms with Crippen LogP contribution in [0.5, 0.6) is 0 Å². The van der Waals surface area contributed by atoms with Crippen LogP contribution in [0.2, 0.25) is 0 Å². The van der Waals surface area contributed by atoms with Crippen LogP contribution in [0.1, 0.15) is 41.9 Å².